The molecule has 0 bridgehead atoms. The summed E-state index contributed by atoms with van der Waals surface area (Å²) in [7, 11) is -0.934. The quantitative estimate of drug-likeness (QED) is 0.642. The van der Waals surface area contributed by atoms with Gasteiger partial charge in [0.1, 0.15) is 11.5 Å². The van der Waals surface area contributed by atoms with Gasteiger partial charge >= 0.3 is 0 Å². The number of phenolic OH excluding ortho intramolecular Hbond substituents is 2. The molecule has 0 saturated heterocycles. The third-order valence-electron chi connectivity index (χ3n) is 4.61. The number of aromatic hydroxyl groups is 2. The number of phenols is 2. The maximum Gasteiger partial charge on any atom is 0.126 e. The molecule has 2 N–H and O–H groups in total. The fraction of sp³-hybridized carbons (Fsp3) is 0.217. The second-order valence-corrected chi connectivity index (χ2v) is 9.11. The summed E-state index contributed by atoms with van der Waals surface area (Å²) in [4.78, 5) is 0. The molecule has 3 aromatic rings. The summed E-state index contributed by atoms with van der Waals surface area (Å²) in [5.41, 5.74) is 5.21. The SMILES string of the molecule is Cc1cc(C)c(O)c(P(Cc2ccccc2)c2cc(C)cc(C)c2O)c1. The molecule has 0 fully saturated rings. The van der Waals surface area contributed by atoms with E-state index in [1.165, 1.54) is 5.56 Å². The Kier molecular flexibility index (Phi) is 5.34. The van der Waals surface area contributed by atoms with Crippen LogP contribution < -0.4 is 10.6 Å². The van der Waals surface area contributed by atoms with Gasteiger partial charge in [-0.2, -0.15) is 0 Å². The molecular formula is C23H25O2P. The maximum atomic E-state index is 10.8. The summed E-state index contributed by atoms with van der Waals surface area (Å²) in [6.07, 6.45) is 0.781. The molecule has 3 aromatic carbocycles. The predicted octanol–water partition coefficient (Wildman–Crippen LogP) is 4.96. The van der Waals surface area contributed by atoms with Crippen LogP contribution in [0.1, 0.15) is 27.8 Å². The smallest absolute Gasteiger partial charge is 0.126 e. The van der Waals surface area contributed by atoms with Crippen LogP contribution in [-0.2, 0) is 6.16 Å². The van der Waals surface area contributed by atoms with Crippen molar-refractivity contribution in [3.63, 3.8) is 0 Å². The summed E-state index contributed by atoms with van der Waals surface area (Å²) in [6.45, 7) is 7.97. The minimum absolute atomic E-state index is 0.344. The highest BCUT2D eigenvalue weighted by atomic mass is 31.1. The lowest BCUT2D eigenvalue weighted by molar-refractivity contribution is 0.474. The monoisotopic (exact) mass is 364 g/mol. The predicted molar refractivity (Wildman–Crippen MR) is 111 cm³/mol. The van der Waals surface area contributed by atoms with Crippen molar-refractivity contribution in [1.82, 2.24) is 0 Å². The molecule has 0 heterocycles. The van der Waals surface area contributed by atoms with E-state index in [1.54, 1.807) is 0 Å². The van der Waals surface area contributed by atoms with E-state index in [0.717, 1.165) is 39.0 Å². The van der Waals surface area contributed by atoms with Crippen molar-refractivity contribution in [2.45, 2.75) is 33.9 Å². The van der Waals surface area contributed by atoms with Crippen LogP contribution in [0.2, 0.25) is 0 Å². The van der Waals surface area contributed by atoms with Crippen molar-refractivity contribution in [3.05, 3.63) is 82.4 Å². The third kappa shape index (κ3) is 3.76. The topological polar surface area (TPSA) is 40.5 Å². The van der Waals surface area contributed by atoms with Gasteiger partial charge in [0, 0.05) is 16.8 Å². The summed E-state index contributed by atoms with van der Waals surface area (Å²) >= 11 is 0. The molecule has 0 spiro atoms. The van der Waals surface area contributed by atoms with Crippen molar-refractivity contribution in [3.8, 4) is 11.5 Å². The highest BCUT2D eigenvalue weighted by Gasteiger charge is 2.23. The van der Waals surface area contributed by atoms with Gasteiger partial charge in [0.25, 0.3) is 0 Å². The van der Waals surface area contributed by atoms with Crippen molar-refractivity contribution in [1.29, 1.82) is 0 Å². The molecule has 3 heteroatoms. The molecule has 0 aliphatic carbocycles. The summed E-state index contributed by atoms with van der Waals surface area (Å²) in [5, 5.41) is 23.5. The van der Waals surface area contributed by atoms with Crippen molar-refractivity contribution < 1.29 is 10.2 Å². The van der Waals surface area contributed by atoms with Crippen LogP contribution in [0.15, 0.2) is 54.6 Å². The van der Waals surface area contributed by atoms with E-state index in [0.29, 0.717) is 11.5 Å². The average Bonchev–Trinajstić information content (AvgIpc) is 2.60. The minimum Gasteiger partial charge on any atom is -0.507 e. The lowest BCUT2D eigenvalue weighted by Crippen LogP contribution is -2.16. The zero-order valence-corrected chi connectivity index (χ0v) is 16.6. The van der Waals surface area contributed by atoms with Crippen LogP contribution in [0.5, 0.6) is 11.5 Å². The van der Waals surface area contributed by atoms with E-state index in [4.69, 9.17) is 0 Å². The van der Waals surface area contributed by atoms with E-state index >= 15 is 0 Å². The zero-order valence-electron chi connectivity index (χ0n) is 15.7. The molecule has 0 aliphatic rings. The molecular weight excluding hydrogens is 339 g/mol. The highest BCUT2D eigenvalue weighted by Crippen LogP contribution is 2.44. The first-order valence-electron chi connectivity index (χ1n) is 8.78. The first-order valence-corrected chi connectivity index (χ1v) is 10.3. The molecule has 0 unspecified atom stereocenters. The Morgan fingerprint density at radius 3 is 1.62 bits per heavy atom. The molecule has 0 aliphatic heterocycles. The average molecular weight is 364 g/mol. The Bertz CT molecular complexity index is 875. The van der Waals surface area contributed by atoms with Crippen molar-refractivity contribution in [2.24, 2.45) is 0 Å². The number of aryl methyl sites for hydroxylation is 4. The summed E-state index contributed by atoms with van der Waals surface area (Å²) in [6, 6.07) is 18.4. The van der Waals surface area contributed by atoms with Crippen molar-refractivity contribution >= 4 is 18.5 Å². The Morgan fingerprint density at radius 2 is 1.15 bits per heavy atom. The molecule has 0 saturated carbocycles. The number of hydrogen-bond acceptors (Lipinski definition) is 2. The molecule has 0 amide bonds. The van der Waals surface area contributed by atoms with Crippen molar-refractivity contribution in [2.75, 3.05) is 0 Å². The van der Waals surface area contributed by atoms with Gasteiger partial charge in [-0.05, 0) is 75.6 Å². The number of hydrogen-bond donors (Lipinski definition) is 2. The van der Waals surface area contributed by atoms with E-state index < -0.39 is 7.92 Å². The van der Waals surface area contributed by atoms with Gasteiger partial charge in [0.15, 0.2) is 0 Å². The minimum atomic E-state index is -0.934. The van der Waals surface area contributed by atoms with E-state index in [-0.39, 0.29) is 0 Å². The van der Waals surface area contributed by atoms with Crippen LogP contribution in [0.25, 0.3) is 0 Å². The van der Waals surface area contributed by atoms with Gasteiger partial charge < -0.3 is 10.2 Å². The first-order chi connectivity index (χ1) is 12.4. The lowest BCUT2D eigenvalue weighted by Gasteiger charge is -2.23. The normalized spacial score (nSPS) is 11.1. The Hall–Kier alpha value is -2.31. The Labute approximate surface area is 156 Å². The third-order valence-corrected chi connectivity index (χ3v) is 7.14. The summed E-state index contributed by atoms with van der Waals surface area (Å²) < 4.78 is 0. The Balaban J connectivity index is 2.21. The Morgan fingerprint density at radius 1 is 0.692 bits per heavy atom. The van der Waals surface area contributed by atoms with E-state index in [2.05, 4.69) is 24.3 Å². The van der Waals surface area contributed by atoms with Gasteiger partial charge in [-0.25, -0.2) is 0 Å². The molecule has 0 radical (unpaired) electrons. The summed E-state index contributed by atoms with van der Waals surface area (Å²) in [5.74, 6) is 0.687. The van der Waals surface area contributed by atoms with E-state index in [9.17, 15) is 10.2 Å². The first kappa shape index (κ1) is 18.5. The molecule has 3 rings (SSSR count). The van der Waals surface area contributed by atoms with Crippen LogP contribution in [0.4, 0.5) is 0 Å². The van der Waals surface area contributed by atoms with Crippen LogP contribution in [-0.4, -0.2) is 10.2 Å². The second kappa shape index (κ2) is 7.51. The largest absolute Gasteiger partial charge is 0.507 e. The number of benzene rings is 3. The zero-order chi connectivity index (χ0) is 18.8. The molecule has 0 aromatic heterocycles. The van der Waals surface area contributed by atoms with Crippen LogP contribution in [0.3, 0.4) is 0 Å². The highest BCUT2D eigenvalue weighted by molar-refractivity contribution is 7.72. The second-order valence-electron chi connectivity index (χ2n) is 6.97. The molecule has 134 valence electrons. The van der Waals surface area contributed by atoms with Gasteiger partial charge in [-0.1, -0.05) is 42.5 Å². The number of rotatable bonds is 4. The molecule has 26 heavy (non-hydrogen) atoms. The fourth-order valence-corrected chi connectivity index (χ4v) is 6.11. The molecule has 0 atom stereocenters. The van der Waals surface area contributed by atoms with Crippen LogP contribution >= 0.6 is 7.92 Å². The van der Waals surface area contributed by atoms with Gasteiger partial charge in [0.05, 0.1) is 0 Å². The lowest BCUT2D eigenvalue weighted by atomic mass is 10.1. The van der Waals surface area contributed by atoms with Gasteiger partial charge in [-0.3, -0.25) is 0 Å². The van der Waals surface area contributed by atoms with Gasteiger partial charge in [-0.15, -0.1) is 0 Å². The maximum absolute atomic E-state index is 10.8. The standard InChI is InChI=1S/C23H25O2P/c1-15-10-17(3)22(24)20(12-15)26(14-19-8-6-5-7-9-19)21-13-16(2)11-18(4)23(21)25/h5-13,24-25H,14H2,1-4H3. The van der Waals surface area contributed by atoms with Crippen LogP contribution in [0, 0.1) is 27.7 Å². The van der Waals surface area contributed by atoms with E-state index in [1.807, 2.05) is 58.0 Å². The fourth-order valence-electron chi connectivity index (χ4n) is 3.35. The van der Waals surface area contributed by atoms with Gasteiger partial charge in [0.2, 0.25) is 0 Å². The molecule has 2 nitrogen and oxygen atoms in total.